The summed E-state index contributed by atoms with van der Waals surface area (Å²) in [5.41, 5.74) is 1.45. The third kappa shape index (κ3) is 4.14. The molecule has 3 amide bonds. The van der Waals surface area contributed by atoms with E-state index in [9.17, 15) is 19.2 Å². The van der Waals surface area contributed by atoms with Crippen molar-refractivity contribution >= 4 is 41.1 Å². The summed E-state index contributed by atoms with van der Waals surface area (Å²) in [6.45, 7) is 3.09. The van der Waals surface area contributed by atoms with Crippen LogP contribution in [0.4, 0.5) is 5.69 Å². The van der Waals surface area contributed by atoms with Crippen LogP contribution >= 0.6 is 11.8 Å². The second-order valence-corrected chi connectivity index (χ2v) is 6.76. The van der Waals surface area contributed by atoms with E-state index in [1.807, 2.05) is 13.0 Å². The number of benzene rings is 1. The van der Waals surface area contributed by atoms with Crippen molar-refractivity contribution in [3.05, 3.63) is 29.8 Å². The number of amides is 3. The molecule has 1 heterocycles. The molecule has 0 bridgehead atoms. The van der Waals surface area contributed by atoms with Gasteiger partial charge in [-0.1, -0.05) is 12.1 Å². The molecule has 1 aromatic carbocycles. The first-order valence-corrected chi connectivity index (χ1v) is 8.39. The lowest BCUT2D eigenvalue weighted by molar-refractivity contribution is -0.140. The van der Waals surface area contributed by atoms with Crippen LogP contribution in [-0.2, 0) is 19.2 Å². The van der Waals surface area contributed by atoms with Gasteiger partial charge in [-0.2, -0.15) is 0 Å². The summed E-state index contributed by atoms with van der Waals surface area (Å²) in [6.07, 6.45) is 0.0177. The molecule has 1 fully saturated rings. The number of anilines is 1. The van der Waals surface area contributed by atoms with E-state index in [1.165, 1.54) is 6.92 Å². The van der Waals surface area contributed by atoms with Crippen molar-refractivity contribution in [1.82, 2.24) is 5.32 Å². The number of thioether (sulfide) groups is 1. The Labute approximate surface area is 143 Å². The van der Waals surface area contributed by atoms with Gasteiger partial charge in [-0.25, -0.2) is 9.69 Å². The SMILES string of the molecule is CC(=O)N[C@H](CS[C@H]1CC(=O)N(c2cccc(C)c2)C1=O)C(=O)O. The fraction of sp³-hybridized carbons (Fsp3) is 0.375. The van der Waals surface area contributed by atoms with Gasteiger partial charge >= 0.3 is 5.97 Å². The lowest BCUT2D eigenvalue weighted by atomic mass is 10.2. The molecule has 128 valence electrons. The molecular formula is C16H18N2O5S. The summed E-state index contributed by atoms with van der Waals surface area (Å²) in [6, 6.07) is 5.98. The van der Waals surface area contributed by atoms with Crippen molar-refractivity contribution in [1.29, 1.82) is 0 Å². The van der Waals surface area contributed by atoms with Gasteiger partial charge in [0.05, 0.1) is 10.9 Å². The number of hydrogen-bond acceptors (Lipinski definition) is 5. The topological polar surface area (TPSA) is 104 Å². The minimum atomic E-state index is -1.18. The molecule has 0 unspecified atom stereocenters. The van der Waals surface area contributed by atoms with Crippen LogP contribution in [0.25, 0.3) is 0 Å². The molecule has 1 aliphatic heterocycles. The standard InChI is InChI=1S/C16H18N2O5S/c1-9-4-3-5-11(6-9)18-14(20)7-13(15(18)21)24-8-12(16(22)23)17-10(2)19/h3-6,12-13H,7-8H2,1-2H3,(H,17,19)(H,22,23)/t12-,13+/m1/s1. The molecule has 24 heavy (non-hydrogen) atoms. The Morgan fingerprint density at radius 2 is 2.12 bits per heavy atom. The van der Waals surface area contributed by atoms with E-state index in [0.29, 0.717) is 5.69 Å². The first kappa shape index (κ1) is 18.0. The van der Waals surface area contributed by atoms with Crippen LogP contribution in [-0.4, -0.2) is 45.8 Å². The largest absolute Gasteiger partial charge is 0.480 e. The van der Waals surface area contributed by atoms with Crippen molar-refractivity contribution in [2.45, 2.75) is 31.6 Å². The Morgan fingerprint density at radius 3 is 2.71 bits per heavy atom. The van der Waals surface area contributed by atoms with Gasteiger partial charge in [0, 0.05) is 19.1 Å². The van der Waals surface area contributed by atoms with E-state index in [1.54, 1.807) is 18.2 Å². The summed E-state index contributed by atoms with van der Waals surface area (Å²) < 4.78 is 0. The molecule has 8 heteroatoms. The second kappa shape index (κ2) is 7.48. The fourth-order valence-electron chi connectivity index (χ4n) is 2.41. The molecule has 1 aliphatic rings. The van der Waals surface area contributed by atoms with Gasteiger partial charge in [-0.15, -0.1) is 11.8 Å². The molecule has 0 spiro atoms. The highest BCUT2D eigenvalue weighted by atomic mass is 32.2. The summed E-state index contributed by atoms with van der Waals surface area (Å²) in [5.74, 6) is -2.29. The maximum atomic E-state index is 12.5. The molecule has 0 aliphatic carbocycles. The smallest absolute Gasteiger partial charge is 0.327 e. The first-order chi connectivity index (χ1) is 11.3. The van der Waals surface area contributed by atoms with Crippen LogP contribution in [0.15, 0.2) is 24.3 Å². The van der Waals surface area contributed by atoms with E-state index < -0.39 is 23.2 Å². The number of hydrogen-bond donors (Lipinski definition) is 2. The third-order valence-electron chi connectivity index (χ3n) is 3.50. The predicted molar refractivity (Wildman–Crippen MR) is 89.8 cm³/mol. The second-order valence-electron chi connectivity index (χ2n) is 5.52. The molecule has 0 radical (unpaired) electrons. The van der Waals surface area contributed by atoms with Gasteiger partial charge in [0.1, 0.15) is 6.04 Å². The quantitative estimate of drug-likeness (QED) is 0.740. The van der Waals surface area contributed by atoms with Crippen molar-refractivity contribution in [2.24, 2.45) is 0 Å². The third-order valence-corrected chi connectivity index (χ3v) is 4.80. The van der Waals surface area contributed by atoms with Gasteiger partial charge in [-0.3, -0.25) is 14.4 Å². The van der Waals surface area contributed by atoms with E-state index >= 15 is 0 Å². The average molecular weight is 350 g/mol. The first-order valence-electron chi connectivity index (χ1n) is 7.34. The van der Waals surface area contributed by atoms with Gasteiger partial charge in [0.15, 0.2) is 0 Å². The number of aryl methyl sites for hydroxylation is 1. The zero-order valence-electron chi connectivity index (χ0n) is 13.3. The van der Waals surface area contributed by atoms with Crippen LogP contribution in [0.3, 0.4) is 0 Å². The zero-order chi connectivity index (χ0) is 17.9. The van der Waals surface area contributed by atoms with E-state index in [2.05, 4.69) is 5.32 Å². The van der Waals surface area contributed by atoms with E-state index in [4.69, 9.17) is 5.11 Å². The number of nitrogens with zero attached hydrogens (tertiary/aromatic N) is 1. The number of rotatable bonds is 6. The Bertz CT molecular complexity index is 691. The lowest BCUT2D eigenvalue weighted by Gasteiger charge is -2.17. The van der Waals surface area contributed by atoms with E-state index in [-0.39, 0.29) is 24.0 Å². The van der Waals surface area contributed by atoms with Gasteiger partial charge in [0.25, 0.3) is 0 Å². The Hall–Kier alpha value is -2.35. The van der Waals surface area contributed by atoms with E-state index in [0.717, 1.165) is 22.2 Å². The number of carbonyl (C=O) groups excluding carboxylic acids is 3. The molecular weight excluding hydrogens is 332 g/mol. The van der Waals surface area contributed by atoms with Crippen LogP contribution in [0.1, 0.15) is 18.9 Å². The maximum absolute atomic E-state index is 12.5. The van der Waals surface area contributed by atoms with Crippen LogP contribution in [0.5, 0.6) is 0 Å². The monoisotopic (exact) mass is 350 g/mol. The fourth-order valence-corrected chi connectivity index (χ4v) is 3.56. The number of carboxylic acid groups (broad SMARTS) is 1. The number of nitrogens with one attached hydrogen (secondary N) is 1. The molecule has 2 atom stereocenters. The Kier molecular flexibility index (Phi) is 5.61. The molecule has 2 rings (SSSR count). The summed E-state index contributed by atoms with van der Waals surface area (Å²) in [5, 5.41) is 10.7. The predicted octanol–water partition coefficient (Wildman–Crippen LogP) is 0.949. The van der Waals surface area contributed by atoms with Crippen molar-refractivity contribution in [3.8, 4) is 0 Å². The highest BCUT2D eigenvalue weighted by molar-refractivity contribution is 8.00. The molecule has 7 nitrogen and oxygen atoms in total. The van der Waals surface area contributed by atoms with Crippen LogP contribution < -0.4 is 10.2 Å². The number of aliphatic carboxylic acids is 1. The number of imide groups is 1. The van der Waals surface area contributed by atoms with Gasteiger partial charge in [0.2, 0.25) is 17.7 Å². The summed E-state index contributed by atoms with van der Waals surface area (Å²) in [7, 11) is 0. The maximum Gasteiger partial charge on any atom is 0.327 e. The van der Waals surface area contributed by atoms with Crippen molar-refractivity contribution in [3.63, 3.8) is 0 Å². The summed E-state index contributed by atoms with van der Waals surface area (Å²) in [4.78, 5) is 47.9. The zero-order valence-corrected chi connectivity index (χ0v) is 14.1. The van der Waals surface area contributed by atoms with Crippen LogP contribution in [0, 0.1) is 6.92 Å². The highest BCUT2D eigenvalue weighted by Crippen LogP contribution is 2.30. The van der Waals surface area contributed by atoms with Gasteiger partial charge in [-0.05, 0) is 24.6 Å². The minimum absolute atomic E-state index is 0.0141. The number of carbonyl (C=O) groups is 4. The number of carboxylic acids is 1. The van der Waals surface area contributed by atoms with Crippen LogP contribution in [0.2, 0.25) is 0 Å². The minimum Gasteiger partial charge on any atom is -0.480 e. The molecule has 1 saturated heterocycles. The normalized spacial score (nSPS) is 18.6. The molecule has 0 saturated carbocycles. The molecule has 0 aromatic heterocycles. The van der Waals surface area contributed by atoms with Crippen molar-refractivity contribution < 1.29 is 24.3 Å². The average Bonchev–Trinajstić information content (AvgIpc) is 2.77. The summed E-state index contributed by atoms with van der Waals surface area (Å²) >= 11 is 1.07. The van der Waals surface area contributed by atoms with Crippen molar-refractivity contribution in [2.75, 3.05) is 10.7 Å². The Balaban J connectivity index is 2.06. The highest BCUT2D eigenvalue weighted by Gasteiger charge is 2.40. The Morgan fingerprint density at radius 1 is 1.42 bits per heavy atom. The van der Waals surface area contributed by atoms with Gasteiger partial charge < -0.3 is 10.4 Å². The molecule has 2 N–H and O–H groups in total. The lowest BCUT2D eigenvalue weighted by Crippen LogP contribution is -2.42. The molecule has 1 aromatic rings.